The Morgan fingerprint density at radius 2 is 2.24 bits per heavy atom. The molecule has 0 bridgehead atoms. The van der Waals surface area contributed by atoms with E-state index in [4.69, 9.17) is 5.26 Å². The molecule has 0 aliphatic carbocycles. The molecule has 17 heavy (non-hydrogen) atoms. The van der Waals surface area contributed by atoms with E-state index < -0.39 is 10.0 Å². The molecule has 92 valence electrons. The summed E-state index contributed by atoms with van der Waals surface area (Å²) in [6.07, 6.45) is 3.32. The first kappa shape index (κ1) is 13.4. The minimum atomic E-state index is -3.12. The molecule has 0 unspecified atom stereocenters. The third kappa shape index (κ3) is 5.85. The second-order valence-electron chi connectivity index (χ2n) is 3.49. The van der Waals surface area contributed by atoms with Crippen LogP contribution in [0.15, 0.2) is 18.3 Å². The number of nitrogens with zero attached hydrogens (tertiary/aromatic N) is 2. The summed E-state index contributed by atoms with van der Waals surface area (Å²) < 4.78 is 23.9. The van der Waals surface area contributed by atoms with Gasteiger partial charge in [0.1, 0.15) is 5.82 Å². The summed E-state index contributed by atoms with van der Waals surface area (Å²) in [7, 11) is -3.12. The number of hydrogen-bond acceptors (Lipinski definition) is 5. The minimum Gasteiger partial charge on any atom is -0.370 e. The molecule has 0 aliphatic rings. The second kappa shape index (κ2) is 6.18. The molecule has 6 nitrogen and oxygen atoms in total. The van der Waals surface area contributed by atoms with Crippen LogP contribution in [0.3, 0.4) is 0 Å². The van der Waals surface area contributed by atoms with Gasteiger partial charge in [-0.15, -0.1) is 0 Å². The monoisotopic (exact) mass is 254 g/mol. The highest BCUT2D eigenvalue weighted by molar-refractivity contribution is 7.88. The highest BCUT2D eigenvalue weighted by Crippen LogP contribution is 2.04. The third-order valence-corrected chi connectivity index (χ3v) is 2.64. The normalized spacial score (nSPS) is 10.8. The molecule has 2 N–H and O–H groups in total. The highest BCUT2D eigenvalue weighted by atomic mass is 32.2. The zero-order valence-corrected chi connectivity index (χ0v) is 10.3. The zero-order valence-electron chi connectivity index (χ0n) is 9.47. The number of hydrogen-bond donors (Lipinski definition) is 2. The van der Waals surface area contributed by atoms with Crippen LogP contribution in [0.25, 0.3) is 0 Å². The molecule has 7 heteroatoms. The molecule has 0 spiro atoms. The van der Waals surface area contributed by atoms with Gasteiger partial charge in [-0.1, -0.05) is 0 Å². The lowest BCUT2D eigenvalue weighted by molar-refractivity contribution is 0.586. The number of aromatic nitrogens is 1. The molecular weight excluding hydrogens is 240 g/mol. The summed E-state index contributed by atoms with van der Waals surface area (Å²) in [4.78, 5) is 4.03. The fourth-order valence-electron chi connectivity index (χ4n) is 1.16. The van der Waals surface area contributed by atoms with E-state index in [1.54, 1.807) is 18.3 Å². The van der Waals surface area contributed by atoms with Gasteiger partial charge in [0.2, 0.25) is 10.0 Å². The lowest BCUT2D eigenvalue weighted by Crippen LogP contribution is -2.24. The first-order valence-corrected chi connectivity index (χ1v) is 6.95. The fraction of sp³-hybridized carbons (Fsp3) is 0.400. The molecule has 0 aromatic carbocycles. The van der Waals surface area contributed by atoms with Gasteiger partial charge in [-0.05, 0) is 18.6 Å². The van der Waals surface area contributed by atoms with Crippen LogP contribution < -0.4 is 10.0 Å². The lowest BCUT2D eigenvalue weighted by Gasteiger charge is -2.05. The summed E-state index contributed by atoms with van der Waals surface area (Å²) in [6.45, 7) is 0.966. The summed E-state index contributed by atoms with van der Waals surface area (Å²) in [5.41, 5.74) is 0.539. The van der Waals surface area contributed by atoms with E-state index in [1.165, 1.54) is 0 Å². The van der Waals surface area contributed by atoms with Crippen molar-refractivity contribution in [1.82, 2.24) is 9.71 Å². The van der Waals surface area contributed by atoms with Crippen molar-refractivity contribution >= 4 is 15.8 Å². The maximum Gasteiger partial charge on any atom is 0.208 e. The van der Waals surface area contributed by atoms with Crippen molar-refractivity contribution < 1.29 is 8.42 Å². The Labute approximate surface area is 101 Å². The minimum absolute atomic E-state index is 0.379. The van der Waals surface area contributed by atoms with Crippen molar-refractivity contribution in [3.63, 3.8) is 0 Å². The number of nitriles is 1. The van der Waals surface area contributed by atoms with Gasteiger partial charge >= 0.3 is 0 Å². The molecule has 1 aromatic heterocycles. The first-order chi connectivity index (χ1) is 8.01. The van der Waals surface area contributed by atoms with E-state index in [0.29, 0.717) is 30.9 Å². The summed E-state index contributed by atoms with van der Waals surface area (Å²) in [5.74, 6) is 0.614. The molecule has 1 rings (SSSR count). The van der Waals surface area contributed by atoms with Gasteiger partial charge in [0.25, 0.3) is 0 Å². The topological polar surface area (TPSA) is 94.9 Å². The Balaban J connectivity index is 2.29. The van der Waals surface area contributed by atoms with Crippen molar-refractivity contribution in [2.45, 2.75) is 6.42 Å². The van der Waals surface area contributed by atoms with Crippen LogP contribution in [0.4, 0.5) is 5.82 Å². The van der Waals surface area contributed by atoms with Gasteiger partial charge in [0, 0.05) is 19.3 Å². The quantitative estimate of drug-likeness (QED) is 0.712. The van der Waals surface area contributed by atoms with E-state index in [-0.39, 0.29) is 0 Å². The molecule has 1 heterocycles. The van der Waals surface area contributed by atoms with Crippen LogP contribution in [0, 0.1) is 11.3 Å². The highest BCUT2D eigenvalue weighted by Gasteiger charge is 1.99. The molecular formula is C10H14N4O2S. The third-order valence-electron chi connectivity index (χ3n) is 1.91. The molecule has 1 aromatic rings. The van der Waals surface area contributed by atoms with Gasteiger partial charge in [-0.3, -0.25) is 0 Å². The number of sulfonamides is 1. The van der Waals surface area contributed by atoms with Crippen molar-refractivity contribution in [2.24, 2.45) is 0 Å². The Kier molecular flexibility index (Phi) is 4.87. The Morgan fingerprint density at radius 3 is 2.88 bits per heavy atom. The molecule has 0 radical (unpaired) electrons. The smallest absolute Gasteiger partial charge is 0.208 e. The van der Waals surface area contributed by atoms with Gasteiger partial charge < -0.3 is 5.32 Å². The van der Waals surface area contributed by atoms with Crippen molar-refractivity contribution in [3.05, 3.63) is 23.9 Å². The molecule has 0 aliphatic heterocycles. The average Bonchev–Trinajstić information content (AvgIpc) is 2.27. The summed E-state index contributed by atoms with van der Waals surface area (Å²) >= 11 is 0. The summed E-state index contributed by atoms with van der Waals surface area (Å²) in [5, 5.41) is 11.7. The van der Waals surface area contributed by atoms with Gasteiger partial charge in [0.15, 0.2) is 0 Å². The molecule has 0 saturated carbocycles. The number of anilines is 1. The predicted molar refractivity (Wildman–Crippen MR) is 64.9 cm³/mol. The number of rotatable bonds is 6. The largest absolute Gasteiger partial charge is 0.370 e. The van der Waals surface area contributed by atoms with Crippen LogP contribution in [-0.2, 0) is 10.0 Å². The SMILES string of the molecule is CS(=O)(=O)NCCCNc1cc(C#N)ccn1. The number of pyridine rings is 1. The lowest BCUT2D eigenvalue weighted by atomic mass is 10.3. The second-order valence-corrected chi connectivity index (χ2v) is 5.32. The standard InChI is InChI=1S/C10H14N4O2S/c1-17(15,16)14-5-2-4-12-10-7-9(8-11)3-6-13-10/h3,6-7,14H,2,4-5H2,1H3,(H,12,13). The van der Waals surface area contributed by atoms with Gasteiger partial charge in [-0.25, -0.2) is 18.1 Å². The predicted octanol–water partition coefficient (Wildman–Crippen LogP) is 0.304. The average molecular weight is 254 g/mol. The van der Waals surface area contributed by atoms with E-state index in [0.717, 1.165) is 6.26 Å². The van der Waals surface area contributed by atoms with Crippen molar-refractivity contribution in [1.29, 1.82) is 5.26 Å². The van der Waals surface area contributed by atoms with Crippen LogP contribution in [0.1, 0.15) is 12.0 Å². The van der Waals surface area contributed by atoms with Gasteiger partial charge in [0.05, 0.1) is 17.9 Å². The van der Waals surface area contributed by atoms with Crippen LogP contribution >= 0.6 is 0 Å². The molecule has 0 amide bonds. The molecule has 0 atom stereocenters. The van der Waals surface area contributed by atoms with Gasteiger partial charge in [-0.2, -0.15) is 5.26 Å². The maximum absolute atomic E-state index is 10.8. The zero-order chi connectivity index (χ0) is 12.7. The van der Waals surface area contributed by atoms with Crippen molar-refractivity contribution in [3.8, 4) is 6.07 Å². The van der Waals surface area contributed by atoms with Crippen molar-refractivity contribution in [2.75, 3.05) is 24.7 Å². The fourth-order valence-corrected chi connectivity index (χ4v) is 1.67. The van der Waals surface area contributed by atoms with Crippen LogP contribution in [0.5, 0.6) is 0 Å². The van der Waals surface area contributed by atoms with E-state index in [1.807, 2.05) is 6.07 Å². The number of nitrogens with one attached hydrogen (secondary N) is 2. The molecule has 0 saturated heterocycles. The molecule has 0 fully saturated rings. The Bertz CT molecular complexity index is 507. The maximum atomic E-state index is 10.8. The van der Waals surface area contributed by atoms with E-state index >= 15 is 0 Å². The van der Waals surface area contributed by atoms with E-state index in [9.17, 15) is 8.42 Å². The van der Waals surface area contributed by atoms with E-state index in [2.05, 4.69) is 15.0 Å². The van der Waals surface area contributed by atoms with Crippen LogP contribution in [-0.4, -0.2) is 32.7 Å². The Morgan fingerprint density at radius 1 is 1.47 bits per heavy atom. The van der Waals surface area contributed by atoms with Crippen LogP contribution in [0.2, 0.25) is 0 Å². The first-order valence-electron chi connectivity index (χ1n) is 5.06. The summed E-state index contributed by atoms with van der Waals surface area (Å²) in [6, 6.07) is 5.28. The Hall–Kier alpha value is -1.65.